The van der Waals surface area contributed by atoms with Gasteiger partial charge in [-0.15, -0.1) is 0 Å². The van der Waals surface area contributed by atoms with Crippen molar-refractivity contribution in [2.75, 3.05) is 6.54 Å². The van der Waals surface area contributed by atoms with Crippen LogP contribution in [0.3, 0.4) is 0 Å². The summed E-state index contributed by atoms with van der Waals surface area (Å²) in [6.45, 7) is 3.07. The molecule has 0 radical (unpaired) electrons. The van der Waals surface area contributed by atoms with Crippen LogP contribution in [0.4, 0.5) is 4.39 Å². The van der Waals surface area contributed by atoms with Crippen LogP contribution in [-0.4, -0.2) is 18.7 Å². The number of hydrogen-bond acceptors (Lipinski definition) is 2. The molecule has 1 fully saturated rings. The maximum absolute atomic E-state index is 13.3. The SMILES string of the molecule is CC1CC(Oc2ccccc2F)CCN1. The Morgan fingerprint density at radius 3 is 2.93 bits per heavy atom. The molecule has 0 saturated carbocycles. The minimum absolute atomic E-state index is 0.137. The third kappa shape index (κ3) is 2.69. The van der Waals surface area contributed by atoms with Gasteiger partial charge in [-0.25, -0.2) is 4.39 Å². The van der Waals surface area contributed by atoms with Crippen LogP contribution >= 0.6 is 0 Å². The third-order valence-electron chi connectivity index (χ3n) is 2.71. The van der Waals surface area contributed by atoms with Gasteiger partial charge in [-0.1, -0.05) is 12.1 Å². The van der Waals surface area contributed by atoms with Crippen LogP contribution in [0.25, 0.3) is 0 Å². The summed E-state index contributed by atoms with van der Waals surface area (Å²) in [5.41, 5.74) is 0. The molecule has 1 aliphatic rings. The molecule has 0 spiro atoms. The molecule has 1 saturated heterocycles. The number of para-hydroxylation sites is 1. The number of hydrogen-bond donors (Lipinski definition) is 1. The Kier molecular flexibility index (Phi) is 3.21. The topological polar surface area (TPSA) is 21.3 Å². The molecule has 15 heavy (non-hydrogen) atoms. The Morgan fingerprint density at radius 1 is 1.40 bits per heavy atom. The van der Waals surface area contributed by atoms with Crippen molar-refractivity contribution in [1.29, 1.82) is 0 Å². The fourth-order valence-corrected chi connectivity index (χ4v) is 1.91. The van der Waals surface area contributed by atoms with Gasteiger partial charge in [-0.05, 0) is 38.4 Å². The van der Waals surface area contributed by atoms with E-state index >= 15 is 0 Å². The number of rotatable bonds is 2. The highest BCUT2D eigenvalue weighted by molar-refractivity contribution is 5.23. The van der Waals surface area contributed by atoms with Gasteiger partial charge in [-0.3, -0.25) is 0 Å². The zero-order valence-corrected chi connectivity index (χ0v) is 8.87. The Hall–Kier alpha value is -1.09. The van der Waals surface area contributed by atoms with Crippen LogP contribution < -0.4 is 10.1 Å². The van der Waals surface area contributed by atoms with E-state index in [9.17, 15) is 4.39 Å². The molecule has 0 bridgehead atoms. The normalized spacial score (nSPS) is 26.3. The van der Waals surface area contributed by atoms with E-state index in [0.717, 1.165) is 19.4 Å². The van der Waals surface area contributed by atoms with E-state index in [0.29, 0.717) is 11.8 Å². The Balaban J connectivity index is 1.99. The van der Waals surface area contributed by atoms with E-state index in [2.05, 4.69) is 12.2 Å². The van der Waals surface area contributed by atoms with Crippen molar-refractivity contribution >= 4 is 0 Å². The van der Waals surface area contributed by atoms with E-state index < -0.39 is 0 Å². The van der Waals surface area contributed by atoms with Crippen molar-refractivity contribution in [2.45, 2.75) is 31.9 Å². The van der Waals surface area contributed by atoms with Crippen molar-refractivity contribution < 1.29 is 9.13 Å². The predicted molar refractivity (Wildman–Crippen MR) is 57.5 cm³/mol. The summed E-state index contributed by atoms with van der Waals surface area (Å²) < 4.78 is 18.9. The highest BCUT2D eigenvalue weighted by atomic mass is 19.1. The Labute approximate surface area is 89.4 Å². The summed E-state index contributed by atoms with van der Waals surface area (Å²) in [6, 6.07) is 7.04. The molecule has 82 valence electrons. The van der Waals surface area contributed by atoms with Crippen LogP contribution in [0.15, 0.2) is 24.3 Å². The second-order valence-electron chi connectivity index (χ2n) is 4.05. The van der Waals surface area contributed by atoms with E-state index in [-0.39, 0.29) is 11.9 Å². The zero-order chi connectivity index (χ0) is 10.7. The van der Waals surface area contributed by atoms with E-state index in [4.69, 9.17) is 4.74 Å². The minimum atomic E-state index is -0.274. The summed E-state index contributed by atoms with van der Waals surface area (Å²) in [7, 11) is 0. The van der Waals surface area contributed by atoms with Crippen molar-refractivity contribution in [2.24, 2.45) is 0 Å². The number of ether oxygens (including phenoxy) is 1. The molecule has 0 amide bonds. The van der Waals surface area contributed by atoms with Gasteiger partial charge in [0.15, 0.2) is 11.6 Å². The molecule has 3 heteroatoms. The van der Waals surface area contributed by atoms with Crippen LogP contribution in [0.1, 0.15) is 19.8 Å². The molecule has 2 atom stereocenters. The average molecular weight is 209 g/mol. The molecule has 1 aliphatic heterocycles. The zero-order valence-electron chi connectivity index (χ0n) is 8.87. The second-order valence-corrected chi connectivity index (χ2v) is 4.05. The second kappa shape index (κ2) is 4.62. The maximum atomic E-state index is 13.3. The van der Waals surface area contributed by atoms with E-state index in [1.165, 1.54) is 6.07 Å². The van der Waals surface area contributed by atoms with Crippen molar-refractivity contribution in [3.63, 3.8) is 0 Å². The van der Waals surface area contributed by atoms with E-state index in [1.54, 1.807) is 18.2 Å². The van der Waals surface area contributed by atoms with Gasteiger partial charge in [0.1, 0.15) is 6.10 Å². The highest BCUT2D eigenvalue weighted by Gasteiger charge is 2.20. The van der Waals surface area contributed by atoms with Gasteiger partial charge in [-0.2, -0.15) is 0 Å². The molecule has 2 rings (SSSR count). The first-order chi connectivity index (χ1) is 7.25. The number of benzene rings is 1. The van der Waals surface area contributed by atoms with Crippen molar-refractivity contribution in [1.82, 2.24) is 5.32 Å². The lowest BCUT2D eigenvalue weighted by atomic mass is 10.0. The quantitative estimate of drug-likeness (QED) is 0.807. The molecular weight excluding hydrogens is 193 g/mol. The summed E-state index contributed by atoms with van der Waals surface area (Å²) in [5.74, 6) is 0.0975. The first kappa shape index (κ1) is 10.4. The maximum Gasteiger partial charge on any atom is 0.165 e. The molecule has 1 aromatic rings. The molecule has 2 unspecified atom stereocenters. The van der Waals surface area contributed by atoms with Crippen molar-refractivity contribution in [3.8, 4) is 5.75 Å². The average Bonchev–Trinajstić information content (AvgIpc) is 2.22. The molecule has 2 nitrogen and oxygen atoms in total. The highest BCUT2D eigenvalue weighted by Crippen LogP contribution is 2.21. The lowest BCUT2D eigenvalue weighted by Crippen LogP contribution is -2.40. The van der Waals surface area contributed by atoms with Gasteiger partial charge in [0, 0.05) is 6.04 Å². The summed E-state index contributed by atoms with van der Waals surface area (Å²) in [5, 5.41) is 3.34. The number of nitrogens with one attached hydrogen (secondary N) is 1. The summed E-state index contributed by atoms with van der Waals surface area (Å²) in [6.07, 6.45) is 2.02. The molecule has 1 heterocycles. The van der Waals surface area contributed by atoms with Crippen LogP contribution in [-0.2, 0) is 0 Å². The molecule has 1 N–H and O–H groups in total. The van der Waals surface area contributed by atoms with E-state index in [1.807, 2.05) is 0 Å². The fraction of sp³-hybridized carbons (Fsp3) is 0.500. The van der Waals surface area contributed by atoms with Gasteiger partial charge in [0.25, 0.3) is 0 Å². The predicted octanol–water partition coefficient (Wildman–Crippen LogP) is 2.34. The third-order valence-corrected chi connectivity index (χ3v) is 2.71. The lowest BCUT2D eigenvalue weighted by molar-refractivity contribution is 0.138. The number of piperidine rings is 1. The van der Waals surface area contributed by atoms with Crippen LogP contribution in [0, 0.1) is 5.82 Å². The largest absolute Gasteiger partial charge is 0.487 e. The molecule has 0 aliphatic carbocycles. The van der Waals surface area contributed by atoms with Crippen LogP contribution in [0.2, 0.25) is 0 Å². The van der Waals surface area contributed by atoms with Crippen LogP contribution in [0.5, 0.6) is 5.75 Å². The molecule has 1 aromatic carbocycles. The summed E-state index contributed by atoms with van der Waals surface area (Å²) >= 11 is 0. The summed E-state index contributed by atoms with van der Waals surface area (Å²) in [4.78, 5) is 0. The molecular formula is C12H16FNO. The fourth-order valence-electron chi connectivity index (χ4n) is 1.91. The first-order valence-corrected chi connectivity index (χ1v) is 5.40. The molecule has 0 aromatic heterocycles. The lowest BCUT2D eigenvalue weighted by Gasteiger charge is -2.28. The monoisotopic (exact) mass is 209 g/mol. The first-order valence-electron chi connectivity index (χ1n) is 5.40. The van der Waals surface area contributed by atoms with Gasteiger partial charge < -0.3 is 10.1 Å². The Bertz CT molecular complexity index is 329. The number of halogens is 1. The standard InChI is InChI=1S/C12H16FNO/c1-9-8-10(6-7-14-9)15-12-5-3-2-4-11(12)13/h2-5,9-10,14H,6-8H2,1H3. The van der Waals surface area contributed by atoms with Gasteiger partial charge >= 0.3 is 0 Å². The van der Waals surface area contributed by atoms with Gasteiger partial charge in [0.2, 0.25) is 0 Å². The van der Waals surface area contributed by atoms with Crippen molar-refractivity contribution in [3.05, 3.63) is 30.1 Å². The minimum Gasteiger partial charge on any atom is -0.487 e. The smallest absolute Gasteiger partial charge is 0.165 e. The Morgan fingerprint density at radius 2 is 2.20 bits per heavy atom. The van der Waals surface area contributed by atoms with Gasteiger partial charge in [0.05, 0.1) is 0 Å².